The quantitative estimate of drug-likeness (QED) is 0.722. The molecule has 5 rings (SSSR count). The molecular weight excluding hydrogens is 399 g/mol. The first kappa shape index (κ1) is 19.2. The van der Waals surface area contributed by atoms with E-state index in [1.165, 1.54) is 24.2 Å². The van der Waals surface area contributed by atoms with Crippen LogP contribution in [-0.2, 0) is 0 Å². The minimum atomic E-state index is 0. The van der Waals surface area contributed by atoms with Crippen molar-refractivity contribution < 1.29 is 4.79 Å². The lowest BCUT2D eigenvalue weighted by Crippen LogP contribution is -2.69. The number of carbonyl (C=O) groups is 1. The summed E-state index contributed by atoms with van der Waals surface area (Å²) in [5.74, 6) is 0.586. The molecule has 2 aromatic rings. The first-order valence-electron chi connectivity index (χ1n) is 8.31. The fourth-order valence-corrected chi connectivity index (χ4v) is 5.62. The number of carbonyl (C=O) groups excluding carboxylic acids is 1. The molecular formula is C18H21Cl3N2OS. The van der Waals surface area contributed by atoms with Gasteiger partial charge in [0.2, 0.25) is 0 Å². The van der Waals surface area contributed by atoms with Crippen molar-refractivity contribution in [2.45, 2.75) is 38.3 Å². The van der Waals surface area contributed by atoms with E-state index < -0.39 is 0 Å². The molecule has 4 heterocycles. The molecule has 2 bridgehead atoms. The third kappa shape index (κ3) is 3.28. The molecule has 136 valence electrons. The van der Waals surface area contributed by atoms with Gasteiger partial charge in [-0.2, -0.15) is 0 Å². The number of amides is 1. The van der Waals surface area contributed by atoms with Gasteiger partial charge in [0.1, 0.15) is 0 Å². The van der Waals surface area contributed by atoms with Crippen LogP contribution >= 0.6 is 46.9 Å². The van der Waals surface area contributed by atoms with Crippen LogP contribution in [0.2, 0.25) is 10.0 Å². The normalized spacial score (nSPS) is 27.1. The summed E-state index contributed by atoms with van der Waals surface area (Å²) in [7, 11) is 0. The topological polar surface area (TPSA) is 32.3 Å². The lowest BCUT2D eigenvalue weighted by atomic mass is 9.72. The van der Waals surface area contributed by atoms with E-state index in [-0.39, 0.29) is 29.9 Å². The van der Waals surface area contributed by atoms with Gasteiger partial charge in [-0.15, -0.1) is 23.7 Å². The lowest BCUT2D eigenvalue weighted by molar-refractivity contribution is -0.0377. The van der Waals surface area contributed by atoms with Crippen LogP contribution in [-0.4, -0.2) is 35.5 Å². The van der Waals surface area contributed by atoms with Gasteiger partial charge in [0.25, 0.3) is 5.91 Å². The van der Waals surface area contributed by atoms with E-state index in [0.717, 1.165) is 28.1 Å². The molecule has 1 amide bonds. The van der Waals surface area contributed by atoms with Gasteiger partial charge in [0.15, 0.2) is 0 Å². The summed E-state index contributed by atoms with van der Waals surface area (Å²) in [6.07, 6.45) is 2.35. The Labute approximate surface area is 168 Å². The van der Waals surface area contributed by atoms with Crippen molar-refractivity contribution in [3.63, 3.8) is 0 Å². The molecule has 3 saturated heterocycles. The summed E-state index contributed by atoms with van der Waals surface area (Å²) >= 11 is 13.6. The predicted molar refractivity (Wildman–Crippen MR) is 109 cm³/mol. The average Bonchev–Trinajstić information content (AvgIpc) is 2.94. The van der Waals surface area contributed by atoms with Gasteiger partial charge in [-0.25, -0.2) is 0 Å². The fourth-order valence-electron chi connectivity index (χ4n) is 4.24. The molecule has 0 saturated carbocycles. The van der Waals surface area contributed by atoms with Crippen LogP contribution in [0.15, 0.2) is 18.2 Å². The standard InChI is InChI=1S/C18H20Cl2N2OS.ClH/c1-18(2)16(10-3-5-22(18)6-4-10)21-17(23)15-8-11-7-12(19)13(20)9-14(11)24-15;/h7-10,16H,3-6H2,1-2H3,(H,21,23);1H/t16-;/m1./s1. The van der Waals surface area contributed by atoms with E-state index in [0.29, 0.717) is 16.0 Å². The Morgan fingerprint density at radius 3 is 2.48 bits per heavy atom. The minimum Gasteiger partial charge on any atom is -0.346 e. The first-order valence-corrected chi connectivity index (χ1v) is 9.88. The van der Waals surface area contributed by atoms with Crippen molar-refractivity contribution in [2.75, 3.05) is 13.1 Å². The van der Waals surface area contributed by atoms with E-state index in [1.54, 1.807) is 0 Å². The van der Waals surface area contributed by atoms with Gasteiger partial charge < -0.3 is 5.32 Å². The zero-order valence-corrected chi connectivity index (χ0v) is 17.3. The minimum absolute atomic E-state index is 0. The third-order valence-electron chi connectivity index (χ3n) is 5.66. The van der Waals surface area contributed by atoms with Gasteiger partial charge in [-0.1, -0.05) is 23.2 Å². The Balaban J connectivity index is 0.00000182. The third-order valence-corrected chi connectivity index (χ3v) is 7.48. The summed E-state index contributed by atoms with van der Waals surface area (Å²) in [6, 6.07) is 5.76. The number of fused-ring (bicyclic) bond motifs is 4. The molecule has 0 radical (unpaired) electrons. The summed E-state index contributed by atoms with van der Waals surface area (Å²) in [6.45, 7) is 6.77. The molecule has 3 fully saturated rings. The number of hydrogen-bond donors (Lipinski definition) is 1. The maximum Gasteiger partial charge on any atom is 0.261 e. The number of hydrogen-bond acceptors (Lipinski definition) is 3. The second-order valence-electron chi connectivity index (χ2n) is 7.34. The number of rotatable bonds is 2. The molecule has 1 N–H and O–H groups in total. The van der Waals surface area contributed by atoms with Gasteiger partial charge >= 0.3 is 0 Å². The van der Waals surface area contributed by atoms with Crippen molar-refractivity contribution in [3.8, 4) is 0 Å². The fraction of sp³-hybridized carbons (Fsp3) is 0.500. The SMILES string of the molecule is CC1(C)[C@H](NC(=O)c2cc3cc(Cl)c(Cl)cc3s2)C2CCN1CC2.Cl. The zero-order valence-electron chi connectivity index (χ0n) is 14.1. The van der Waals surface area contributed by atoms with Crippen LogP contribution in [0.25, 0.3) is 10.1 Å². The van der Waals surface area contributed by atoms with Crippen LogP contribution in [0, 0.1) is 5.92 Å². The molecule has 0 aliphatic carbocycles. The Morgan fingerprint density at radius 1 is 1.20 bits per heavy atom. The molecule has 0 unspecified atom stereocenters. The maximum absolute atomic E-state index is 12.8. The Bertz CT molecular complexity index is 773. The highest BCUT2D eigenvalue weighted by Crippen LogP contribution is 2.39. The van der Waals surface area contributed by atoms with Gasteiger partial charge in [0, 0.05) is 16.3 Å². The monoisotopic (exact) mass is 418 g/mol. The molecule has 1 aromatic carbocycles. The zero-order chi connectivity index (χ0) is 17.1. The van der Waals surface area contributed by atoms with E-state index in [9.17, 15) is 4.79 Å². The van der Waals surface area contributed by atoms with E-state index in [4.69, 9.17) is 23.2 Å². The number of halogens is 3. The number of benzene rings is 1. The number of nitrogens with one attached hydrogen (secondary N) is 1. The van der Waals surface area contributed by atoms with Crippen LogP contribution < -0.4 is 5.32 Å². The van der Waals surface area contributed by atoms with E-state index in [2.05, 4.69) is 24.1 Å². The summed E-state index contributed by atoms with van der Waals surface area (Å²) < 4.78 is 0.989. The molecule has 3 aliphatic rings. The smallest absolute Gasteiger partial charge is 0.261 e. The number of nitrogens with zero attached hydrogens (tertiary/aromatic N) is 1. The predicted octanol–water partition coefficient (Wildman–Crippen LogP) is 5.23. The van der Waals surface area contributed by atoms with Crippen molar-refractivity contribution in [3.05, 3.63) is 33.1 Å². The Morgan fingerprint density at radius 2 is 1.84 bits per heavy atom. The highest BCUT2D eigenvalue weighted by molar-refractivity contribution is 7.20. The van der Waals surface area contributed by atoms with Gasteiger partial charge in [0.05, 0.1) is 14.9 Å². The van der Waals surface area contributed by atoms with Crippen LogP contribution in [0.5, 0.6) is 0 Å². The summed E-state index contributed by atoms with van der Waals surface area (Å²) in [4.78, 5) is 16.1. The number of thiophene rings is 1. The summed E-state index contributed by atoms with van der Waals surface area (Å²) in [5.41, 5.74) is 0.0140. The van der Waals surface area contributed by atoms with Crippen molar-refractivity contribution in [2.24, 2.45) is 5.92 Å². The van der Waals surface area contributed by atoms with Crippen LogP contribution in [0.3, 0.4) is 0 Å². The van der Waals surface area contributed by atoms with Gasteiger partial charge in [-0.3, -0.25) is 9.69 Å². The molecule has 1 atom stereocenters. The van der Waals surface area contributed by atoms with Crippen LogP contribution in [0.1, 0.15) is 36.4 Å². The molecule has 3 nitrogen and oxygen atoms in total. The maximum atomic E-state index is 12.8. The van der Waals surface area contributed by atoms with E-state index in [1.807, 2.05) is 18.2 Å². The first-order chi connectivity index (χ1) is 11.4. The van der Waals surface area contributed by atoms with Crippen molar-refractivity contribution >= 4 is 62.9 Å². The molecule has 7 heteroatoms. The molecule has 3 aliphatic heterocycles. The molecule has 1 aromatic heterocycles. The highest BCUT2D eigenvalue weighted by atomic mass is 35.5. The number of piperidine rings is 3. The van der Waals surface area contributed by atoms with Crippen molar-refractivity contribution in [1.82, 2.24) is 10.2 Å². The Kier molecular flexibility index (Phi) is 5.31. The van der Waals surface area contributed by atoms with Crippen LogP contribution in [0.4, 0.5) is 0 Å². The highest BCUT2D eigenvalue weighted by Gasteiger charge is 2.48. The van der Waals surface area contributed by atoms with Crippen molar-refractivity contribution in [1.29, 1.82) is 0 Å². The largest absolute Gasteiger partial charge is 0.346 e. The molecule has 25 heavy (non-hydrogen) atoms. The Hall–Kier alpha value is -0.520. The second-order valence-corrected chi connectivity index (χ2v) is 9.24. The lowest BCUT2D eigenvalue weighted by Gasteiger charge is -2.56. The molecule has 0 spiro atoms. The van der Waals surface area contributed by atoms with E-state index >= 15 is 0 Å². The average molecular weight is 420 g/mol. The summed E-state index contributed by atoms with van der Waals surface area (Å²) in [5, 5.41) is 5.32. The second kappa shape index (κ2) is 6.90. The van der Waals surface area contributed by atoms with Gasteiger partial charge in [-0.05, 0) is 69.3 Å².